The molecule has 45 heavy (non-hydrogen) atoms. The van der Waals surface area contributed by atoms with Crippen molar-refractivity contribution < 1.29 is 19.4 Å². The van der Waals surface area contributed by atoms with Gasteiger partial charge in [0.15, 0.2) is 0 Å². The molecule has 0 radical (unpaired) electrons. The molecule has 0 bridgehead atoms. The molecule has 1 amide bonds. The first-order valence-electron chi connectivity index (χ1n) is 14.4. The summed E-state index contributed by atoms with van der Waals surface area (Å²) in [7, 11) is 0. The van der Waals surface area contributed by atoms with Gasteiger partial charge in [-0.1, -0.05) is 103 Å². The largest absolute Gasteiger partial charge is 0.481 e. The molecule has 6 nitrogen and oxygen atoms in total. The van der Waals surface area contributed by atoms with Crippen molar-refractivity contribution in [3.05, 3.63) is 156 Å². The number of halogens is 1. The van der Waals surface area contributed by atoms with Crippen molar-refractivity contribution in [3.8, 4) is 22.6 Å². The third-order valence-electron chi connectivity index (χ3n) is 7.42. The second-order valence-electron chi connectivity index (χ2n) is 10.5. The smallest absolute Gasteiger partial charge is 0.305 e. The van der Waals surface area contributed by atoms with Crippen LogP contribution in [0.5, 0.6) is 11.5 Å². The number of anilines is 2. The Kier molecular flexibility index (Phi) is 8.76. The lowest BCUT2D eigenvalue weighted by atomic mass is 9.98. The summed E-state index contributed by atoms with van der Waals surface area (Å²) in [6.45, 7) is 0. The van der Waals surface area contributed by atoms with Gasteiger partial charge in [0, 0.05) is 16.3 Å². The number of para-hydroxylation sites is 2. The summed E-state index contributed by atoms with van der Waals surface area (Å²) >= 11 is 6.31. The van der Waals surface area contributed by atoms with Gasteiger partial charge in [-0.05, 0) is 70.4 Å². The number of rotatable bonds is 10. The lowest BCUT2D eigenvalue weighted by Crippen LogP contribution is -2.30. The van der Waals surface area contributed by atoms with Crippen molar-refractivity contribution in [1.29, 1.82) is 0 Å². The number of carboxylic acids is 1. The Morgan fingerprint density at radius 2 is 1.44 bits per heavy atom. The van der Waals surface area contributed by atoms with Crippen LogP contribution in [-0.4, -0.2) is 17.0 Å². The van der Waals surface area contributed by atoms with Gasteiger partial charge in [-0.25, -0.2) is 0 Å². The Balaban J connectivity index is 1.24. The fraction of sp³-hybridized carbons (Fsp3) is 0.0526. The van der Waals surface area contributed by atoms with E-state index < -0.39 is 17.9 Å². The topological polar surface area (TPSA) is 87.7 Å². The third kappa shape index (κ3) is 7.15. The summed E-state index contributed by atoms with van der Waals surface area (Å²) in [4.78, 5) is 25.5. The molecule has 0 saturated carbocycles. The Morgan fingerprint density at radius 3 is 2.22 bits per heavy atom. The number of ether oxygens (including phenoxy) is 1. The molecular weight excluding hydrogens is 584 g/mol. The Morgan fingerprint density at radius 1 is 0.733 bits per heavy atom. The highest BCUT2D eigenvalue weighted by Crippen LogP contribution is 2.34. The molecule has 1 atom stereocenters. The molecule has 6 aromatic carbocycles. The van der Waals surface area contributed by atoms with Gasteiger partial charge in [0.1, 0.15) is 11.5 Å². The highest BCUT2D eigenvalue weighted by molar-refractivity contribution is 6.31. The summed E-state index contributed by atoms with van der Waals surface area (Å²) in [5, 5.41) is 18.5. The van der Waals surface area contributed by atoms with E-state index in [-0.39, 0.29) is 6.42 Å². The van der Waals surface area contributed by atoms with E-state index in [1.165, 1.54) is 0 Å². The predicted molar refractivity (Wildman–Crippen MR) is 180 cm³/mol. The molecule has 0 aliphatic carbocycles. The zero-order valence-corrected chi connectivity index (χ0v) is 24.9. The van der Waals surface area contributed by atoms with Gasteiger partial charge >= 0.3 is 5.97 Å². The Hall–Kier alpha value is -5.59. The van der Waals surface area contributed by atoms with Crippen LogP contribution in [0, 0.1) is 0 Å². The quantitative estimate of drug-likeness (QED) is 0.143. The van der Waals surface area contributed by atoms with Gasteiger partial charge in [-0.3, -0.25) is 9.59 Å². The minimum Gasteiger partial charge on any atom is -0.481 e. The second-order valence-corrected chi connectivity index (χ2v) is 11.0. The zero-order valence-electron chi connectivity index (χ0n) is 24.1. The summed E-state index contributed by atoms with van der Waals surface area (Å²) in [5.74, 6) is -0.0650. The normalized spacial score (nSPS) is 11.5. The van der Waals surface area contributed by atoms with Gasteiger partial charge < -0.3 is 20.5 Å². The zero-order chi connectivity index (χ0) is 31.2. The third-order valence-corrected chi connectivity index (χ3v) is 7.66. The molecule has 0 aliphatic heterocycles. The first kappa shape index (κ1) is 29.5. The maximum Gasteiger partial charge on any atom is 0.305 e. The van der Waals surface area contributed by atoms with Gasteiger partial charge in [0.05, 0.1) is 23.7 Å². The molecule has 0 spiro atoms. The van der Waals surface area contributed by atoms with Crippen LogP contribution >= 0.6 is 11.6 Å². The molecule has 0 aliphatic rings. The number of hydrogen-bond acceptors (Lipinski definition) is 4. The number of nitrogens with one attached hydrogen (secondary N) is 2. The van der Waals surface area contributed by atoms with Gasteiger partial charge in [0.25, 0.3) is 5.91 Å². The van der Waals surface area contributed by atoms with Crippen molar-refractivity contribution in [2.45, 2.75) is 12.5 Å². The van der Waals surface area contributed by atoms with E-state index in [0.717, 1.165) is 33.3 Å². The SMILES string of the molecule is O=C(O)CC(NC(=O)c1cc(Cl)ccc1Nc1ccc2ccccc2c1)c1ccc(-c2ccccc2Oc2ccccc2)cc1. The monoisotopic (exact) mass is 612 g/mol. The number of carbonyl (C=O) groups excluding carboxylic acids is 1. The fourth-order valence-corrected chi connectivity index (χ4v) is 5.38. The molecule has 1 unspecified atom stereocenters. The molecule has 0 aromatic heterocycles. The standard InChI is InChI=1S/C38H29ClN2O4/c39-29-19-21-34(40-30-20-18-25-8-4-5-9-28(25)22-30)33(23-29)38(44)41-35(24-37(42)43)27-16-14-26(15-17-27)32-12-6-7-13-36(32)45-31-10-2-1-3-11-31/h1-23,35,40H,24H2,(H,41,44)(H,42,43). The van der Waals surface area contributed by atoms with Gasteiger partial charge in [-0.2, -0.15) is 0 Å². The van der Waals surface area contributed by atoms with Crippen molar-refractivity contribution in [3.63, 3.8) is 0 Å². The number of carbonyl (C=O) groups is 2. The first-order chi connectivity index (χ1) is 21.9. The van der Waals surface area contributed by atoms with Crippen LogP contribution in [0.2, 0.25) is 5.02 Å². The van der Waals surface area contributed by atoms with Gasteiger partial charge in [-0.15, -0.1) is 0 Å². The summed E-state index contributed by atoms with van der Waals surface area (Å²) < 4.78 is 6.13. The van der Waals surface area contributed by atoms with Crippen LogP contribution in [0.4, 0.5) is 11.4 Å². The molecular formula is C38H29ClN2O4. The minimum absolute atomic E-state index is 0.299. The van der Waals surface area contributed by atoms with Crippen LogP contribution in [0.15, 0.2) is 140 Å². The van der Waals surface area contributed by atoms with Gasteiger partial charge in [0.2, 0.25) is 0 Å². The van der Waals surface area contributed by atoms with Crippen LogP contribution in [-0.2, 0) is 4.79 Å². The Bertz CT molecular complexity index is 1980. The number of carboxylic acid groups (broad SMARTS) is 1. The van der Waals surface area contributed by atoms with Crippen LogP contribution in [0.3, 0.4) is 0 Å². The summed E-state index contributed by atoms with van der Waals surface area (Å²) in [5.41, 5.74) is 4.08. The van der Waals surface area contributed by atoms with E-state index in [9.17, 15) is 14.7 Å². The Labute approximate surface area is 265 Å². The second kappa shape index (κ2) is 13.4. The van der Waals surface area contributed by atoms with Crippen LogP contribution < -0.4 is 15.4 Å². The maximum atomic E-state index is 13.7. The first-order valence-corrected chi connectivity index (χ1v) is 14.8. The molecule has 6 aromatic rings. The van der Waals surface area contributed by atoms with E-state index in [1.54, 1.807) is 18.2 Å². The molecule has 0 heterocycles. The average Bonchev–Trinajstić information content (AvgIpc) is 3.06. The lowest BCUT2D eigenvalue weighted by Gasteiger charge is -2.20. The number of hydrogen-bond donors (Lipinski definition) is 3. The van der Waals surface area contributed by atoms with E-state index in [0.29, 0.717) is 27.6 Å². The van der Waals surface area contributed by atoms with Crippen molar-refractivity contribution in [1.82, 2.24) is 5.32 Å². The van der Waals surface area contributed by atoms with Crippen molar-refractivity contribution in [2.24, 2.45) is 0 Å². The molecule has 0 saturated heterocycles. The molecule has 0 fully saturated rings. The van der Waals surface area contributed by atoms with Crippen LogP contribution in [0.1, 0.15) is 28.4 Å². The maximum absolute atomic E-state index is 13.7. The number of benzene rings is 6. The average molecular weight is 613 g/mol. The fourth-order valence-electron chi connectivity index (χ4n) is 5.20. The number of amides is 1. The minimum atomic E-state index is -1.04. The van der Waals surface area contributed by atoms with E-state index in [2.05, 4.69) is 10.6 Å². The predicted octanol–water partition coefficient (Wildman–Crippen LogP) is 9.64. The van der Waals surface area contributed by atoms with Crippen molar-refractivity contribution >= 4 is 45.6 Å². The number of aliphatic carboxylic acids is 1. The van der Waals surface area contributed by atoms with E-state index in [1.807, 2.05) is 121 Å². The highest BCUT2D eigenvalue weighted by Gasteiger charge is 2.22. The number of fused-ring (bicyclic) bond motifs is 1. The van der Waals surface area contributed by atoms with Crippen LogP contribution in [0.25, 0.3) is 21.9 Å². The van der Waals surface area contributed by atoms with E-state index in [4.69, 9.17) is 16.3 Å². The molecule has 6 rings (SSSR count). The van der Waals surface area contributed by atoms with Crippen molar-refractivity contribution in [2.75, 3.05) is 5.32 Å². The molecule has 222 valence electrons. The van der Waals surface area contributed by atoms with E-state index >= 15 is 0 Å². The summed E-state index contributed by atoms with van der Waals surface area (Å²) in [6, 6.07) is 42.9. The summed E-state index contributed by atoms with van der Waals surface area (Å²) in [6.07, 6.45) is -0.299. The molecule has 3 N–H and O–H groups in total. The lowest BCUT2D eigenvalue weighted by molar-refractivity contribution is -0.137. The highest BCUT2D eigenvalue weighted by atomic mass is 35.5. The molecule has 7 heteroatoms.